The van der Waals surface area contributed by atoms with Crippen LogP contribution in [0, 0.1) is 0 Å². The molecular formula is C16H15ClN2O3. The van der Waals surface area contributed by atoms with Crippen molar-refractivity contribution in [2.45, 2.75) is 0 Å². The monoisotopic (exact) mass is 318 g/mol. The van der Waals surface area contributed by atoms with Crippen molar-refractivity contribution in [3.8, 4) is 5.75 Å². The highest BCUT2D eigenvalue weighted by atomic mass is 35.5. The maximum absolute atomic E-state index is 11.9. The molecule has 0 atom stereocenters. The number of amides is 2. The lowest BCUT2D eigenvalue weighted by Crippen LogP contribution is -2.36. The summed E-state index contributed by atoms with van der Waals surface area (Å²) in [5.74, 6) is 0.170. The summed E-state index contributed by atoms with van der Waals surface area (Å²) in [6.45, 7) is 0.524. The Hall–Kier alpha value is -2.53. The van der Waals surface area contributed by atoms with E-state index >= 15 is 0 Å². The molecule has 0 unspecified atom stereocenters. The van der Waals surface area contributed by atoms with E-state index in [1.54, 1.807) is 48.5 Å². The van der Waals surface area contributed by atoms with E-state index in [0.717, 1.165) is 0 Å². The van der Waals surface area contributed by atoms with E-state index in [-0.39, 0.29) is 19.0 Å². The number of halogens is 1. The van der Waals surface area contributed by atoms with Crippen LogP contribution in [0.1, 0.15) is 10.4 Å². The first-order chi connectivity index (χ1) is 10.7. The molecule has 0 saturated carbocycles. The Balaban J connectivity index is 1.70. The van der Waals surface area contributed by atoms with Crippen LogP contribution in [0.15, 0.2) is 54.6 Å². The zero-order valence-electron chi connectivity index (χ0n) is 11.7. The van der Waals surface area contributed by atoms with Crippen molar-refractivity contribution in [3.05, 3.63) is 65.2 Å². The zero-order valence-corrected chi connectivity index (χ0v) is 12.5. The third kappa shape index (κ3) is 4.79. The van der Waals surface area contributed by atoms with Gasteiger partial charge in [0.05, 0.1) is 10.6 Å². The van der Waals surface area contributed by atoms with Gasteiger partial charge in [-0.05, 0) is 24.3 Å². The molecule has 0 aliphatic heterocycles. The van der Waals surface area contributed by atoms with Gasteiger partial charge >= 0.3 is 6.09 Å². The first-order valence-electron chi connectivity index (χ1n) is 6.70. The molecule has 0 saturated heterocycles. The average Bonchev–Trinajstić information content (AvgIpc) is 2.53. The largest absolute Gasteiger partial charge is 0.412 e. The second-order valence-corrected chi connectivity index (χ2v) is 4.77. The molecule has 0 aliphatic rings. The average molecular weight is 319 g/mol. The summed E-state index contributed by atoms with van der Waals surface area (Å²) in [4.78, 5) is 23.4. The molecule has 114 valence electrons. The molecule has 0 heterocycles. The van der Waals surface area contributed by atoms with Crippen molar-refractivity contribution < 1.29 is 14.3 Å². The van der Waals surface area contributed by atoms with Crippen LogP contribution in [-0.4, -0.2) is 25.1 Å². The van der Waals surface area contributed by atoms with E-state index in [1.165, 1.54) is 0 Å². The van der Waals surface area contributed by atoms with Gasteiger partial charge in [-0.1, -0.05) is 41.9 Å². The predicted octanol–water partition coefficient (Wildman–Crippen LogP) is 2.86. The van der Waals surface area contributed by atoms with Gasteiger partial charge < -0.3 is 15.4 Å². The van der Waals surface area contributed by atoms with Gasteiger partial charge in [0.1, 0.15) is 5.75 Å². The smallest absolute Gasteiger partial charge is 0.410 e. The van der Waals surface area contributed by atoms with Gasteiger partial charge in [-0.3, -0.25) is 4.79 Å². The van der Waals surface area contributed by atoms with Crippen molar-refractivity contribution in [1.29, 1.82) is 0 Å². The minimum Gasteiger partial charge on any atom is -0.410 e. The molecule has 0 spiro atoms. The van der Waals surface area contributed by atoms with Gasteiger partial charge in [0.25, 0.3) is 5.91 Å². The topological polar surface area (TPSA) is 67.4 Å². The number of carbonyl (C=O) groups excluding carboxylic acids is 2. The van der Waals surface area contributed by atoms with Gasteiger partial charge in [0, 0.05) is 13.1 Å². The van der Waals surface area contributed by atoms with Gasteiger partial charge in [0.2, 0.25) is 0 Å². The summed E-state index contributed by atoms with van der Waals surface area (Å²) < 4.78 is 5.04. The standard InChI is InChI=1S/C16H15ClN2O3/c17-14-9-5-4-8-13(14)15(20)18-10-11-19-16(21)22-12-6-2-1-3-7-12/h1-9H,10-11H2,(H,18,20)(H,19,21). The van der Waals surface area contributed by atoms with Crippen LogP contribution in [0.5, 0.6) is 5.75 Å². The van der Waals surface area contributed by atoms with Crippen LogP contribution in [0.2, 0.25) is 5.02 Å². The molecule has 2 amide bonds. The maximum Gasteiger partial charge on any atom is 0.412 e. The highest BCUT2D eigenvalue weighted by Gasteiger charge is 2.09. The Kier molecular flexibility index (Phi) is 5.80. The Morgan fingerprint density at radius 1 is 0.909 bits per heavy atom. The van der Waals surface area contributed by atoms with Crippen molar-refractivity contribution in [2.24, 2.45) is 0 Å². The van der Waals surface area contributed by atoms with E-state index in [2.05, 4.69) is 10.6 Å². The highest BCUT2D eigenvalue weighted by molar-refractivity contribution is 6.33. The van der Waals surface area contributed by atoms with Crippen molar-refractivity contribution in [2.75, 3.05) is 13.1 Å². The second kappa shape index (κ2) is 8.05. The van der Waals surface area contributed by atoms with Crippen LogP contribution in [0.4, 0.5) is 4.79 Å². The number of hydrogen-bond donors (Lipinski definition) is 2. The first-order valence-corrected chi connectivity index (χ1v) is 7.08. The molecule has 2 N–H and O–H groups in total. The lowest BCUT2D eigenvalue weighted by Gasteiger charge is -2.08. The molecule has 0 radical (unpaired) electrons. The Labute approximate surface area is 133 Å². The lowest BCUT2D eigenvalue weighted by molar-refractivity contribution is 0.0953. The lowest BCUT2D eigenvalue weighted by atomic mass is 10.2. The molecule has 22 heavy (non-hydrogen) atoms. The summed E-state index contributed by atoms with van der Waals surface area (Å²) in [5.41, 5.74) is 0.399. The van der Waals surface area contributed by atoms with Crippen LogP contribution >= 0.6 is 11.6 Å². The van der Waals surface area contributed by atoms with Crippen LogP contribution in [0.25, 0.3) is 0 Å². The summed E-state index contributed by atoms with van der Waals surface area (Å²) in [6, 6.07) is 15.5. The van der Waals surface area contributed by atoms with E-state index in [9.17, 15) is 9.59 Å². The van der Waals surface area contributed by atoms with Crippen molar-refractivity contribution in [3.63, 3.8) is 0 Å². The Morgan fingerprint density at radius 3 is 2.27 bits per heavy atom. The fraction of sp³-hybridized carbons (Fsp3) is 0.125. The van der Waals surface area contributed by atoms with Gasteiger partial charge in [-0.15, -0.1) is 0 Å². The van der Waals surface area contributed by atoms with Gasteiger partial charge in [-0.25, -0.2) is 4.79 Å². The van der Waals surface area contributed by atoms with E-state index in [4.69, 9.17) is 16.3 Å². The Morgan fingerprint density at radius 2 is 1.55 bits per heavy atom. The number of benzene rings is 2. The van der Waals surface area contributed by atoms with Crippen LogP contribution in [-0.2, 0) is 0 Å². The Bertz CT molecular complexity index is 647. The molecule has 2 aromatic rings. The molecule has 0 bridgehead atoms. The van der Waals surface area contributed by atoms with E-state index in [0.29, 0.717) is 16.3 Å². The molecule has 6 heteroatoms. The number of ether oxygens (including phenoxy) is 1. The molecule has 0 fully saturated rings. The summed E-state index contributed by atoms with van der Waals surface area (Å²) in [5, 5.41) is 5.59. The number of rotatable bonds is 5. The first kappa shape index (κ1) is 15.9. The number of hydrogen-bond acceptors (Lipinski definition) is 3. The van der Waals surface area contributed by atoms with E-state index in [1.807, 2.05) is 6.07 Å². The maximum atomic E-state index is 11.9. The second-order valence-electron chi connectivity index (χ2n) is 4.37. The van der Waals surface area contributed by atoms with E-state index < -0.39 is 6.09 Å². The minimum atomic E-state index is -0.571. The van der Waals surface area contributed by atoms with Crippen LogP contribution < -0.4 is 15.4 Å². The minimum absolute atomic E-state index is 0.252. The third-order valence-corrected chi connectivity index (χ3v) is 3.08. The molecule has 2 rings (SSSR count). The molecular weight excluding hydrogens is 304 g/mol. The van der Waals surface area contributed by atoms with Crippen molar-refractivity contribution >= 4 is 23.6 Å². The SMILES string of the molecule is O=C(NCCNC(=O)c1ccccc1Cl)Oc1ccccc1. The van der Waals surface area contributed by atoms with Crippen LogP contribution in [0.3, 0.4) is 0 Å². The van der Waals surface area contributed by atoms with Crippen molar-refractivity contribution in [1.82, 2.24) is 10.6 Å². The number of para-hydroxylation sites is 1. The van der Waals surface area contributed by atoms with Gasteiger partial charge in [0.15, 0.2) is 0 Å². The number of carbonyl (C=O) groups is 2. The summed E-state index contributed by atoms with van der Waals surface area (Å²) in [7, 11) is 0. The summed E-state index contributed by atoms with van der Waals surface area (Å²) in [6.07, 6.45) is -0.571. The number of nitrogens with one attached hydrogen (secondary N) is 2. The summed E-state index contributed by atoms with van der Waals surface area (Å²) >= 11 is 5.92. The third-order valence-electron chi connectivity index (χ3n) is 2.75. The highest BCUT2D eigenvalue weighted by Crippen LogP contribution is 2.14. The van der Waals surface area contributed by atoms with Gasteiger partial charge in [-0.2, -0.15) is 0 Å². The fourth-order valence-corrected chi connectivity index (χ4v) is 1.93. The molecule has 0 aromatic heterocycles. The zero-order chi connectivity index (χ0) is 15.8. The normalized spacial score (nSPS) is 9.86. The molecule has 0 aliphatic carbocycles. The predicted molar refractivity (Wildman–Crippen MR) is 84.3 cm³/mol. The molecule has 5 nitrogen and oxygen atoms in total. The quantitative estimate of drug-likeness (QED) is 0.833. The molecule has 2 aromatic carbocycles. The fourth-order valence-electron chi connectivity index (χ4n) is 1.71.